The molecule has 3 N–H and O–H groups in total. The van der Waals surface area contributed by atoms with Crippen LogP contribution in [0.2, 0.25) is 0 Å². The zero-order chi connectivity index (χ0) is 17.6. The fourth-order valence-electron chi connectivity index (χ4n) is 2.94. The van der Waals surface area contributed by atoms with E-state index in [2.05, 4.69) is 27.1 Å². The van der Waals surface area contributed by atoms with Crippen LogP contribution in [0.3, 0.4) is 0 Å². The summed E-state index contributed by atoms with van der Waals surface area (Å²) in [5.41, 5.74) is 8.29. The van der Waals surface area contributed by atoms with Crippen molar-refractivity contribution in [2.75, 3.05) is 38.1 Å². The molecule has 1 fully saturated rings. The molecule has 0 aliphatic carbocycles. The molecule has 1 aliphatic heterocycles. The van der Waals surface area contributed by atoms with E-state index in [1.54, 1.807) is 0 Å². The Labute approximate surface area is 160 Å². The van der Waals surface area contributed by atoms with E-state index in [0.717, 1.165) is 43.1 Å². The molecule has 1 aromatic heterocycles. The maximum absolute atomic E-state index is 12.4. The molecule has 6 nitrogen and oxygen atoms in total. The SMILES string of the molecule is CN1CCN(c2ncccc2CNC(=O)c2ccc(CN)cc2)CC1.Cl. The molecule has 0 spiro atoms. The summed E-state index contributed by atoms with van der Waals surface area (Å²) in [5.74, 6) is 0.881. The third-order valence-electron chi connectivity index (χ3n) is 4.56. The van der Waals surface area contributed by atoms with Crippen LogP contribution in [0, 0.1) is 0 Å². The summed E-state index contributed by atoms with van der Waals surface area (Å²) in [6, 6.07) is 11.3. The molecule has 2 heterocycles. The van der Waals surface area contributed by atoms with Crippen molar-refractivity contribution in [1.29, 1.82) is 0 Å². The lowest BCUT2D eigenvalue weighted by Gasteiger charge is -2.34. The number of benzene rings is 1. The van der Waals surface area contributed by atoms with Gasteiger partial charge in [0.1, 0.15) is 5.82 Å². The van der Waals surface area contributed by atoms with Crippen LogP contribution in [0.5, 0.6) is 0 Å². The fraction of sp³-hybridized carbons (Fsp3) is 0.368. The Morgan fingerprint density at radius 3 is 2.50 bits per heavy atom. The van der Waals surface area contributed by atoms with Gasteiger partial charge < -0.3 is 20.9 Å². The van der Waals surface area contributed by atoms with Gasteiger partial charge in [-0.05, 0) is 30.8 Å². The first-order valence-corrected chi connectivity index (χ1v) is 8.62. The van der Waals surface area contributed by atoms with Gasteiger partial charge in [-0.2, -0.15) is 0 Å². The van der Waals surface area contributed by atoms with Crippen LogP contribution in [0.25, 0.3) is 0 Å². The monoisotopic (exact) mass is 375 g/mol. The Morgan fingerprint density at radius 1 is 1.15 bits per heavy atom. The highest BCUT2D eigenvalue weighted by molar-refractivity contribution is 5.94. The summed E-state index contributed by atoms with van der Waals surface area (Å²) in [5, 5.41) is 2.99. The highest BCUT2D eigenvalue weighted by Gasteiger charge is 2.18. The number of rotatable bonds is 5. The first-order chi connectivity index (χ1) is 12.2. The zero-order valence-corrected chi connectivity index (χ0v) is 15.8. The van der Waals surface area contributed by atoms with Crippen molar-refractivity contribution < 1.29 is 4.79 Å². The molecule has 3 rings (SSSR count). The molecule has 7 heteroatoms. The third kappa shape index (κ3) is 4.94. The van der Waals surface area contributed by atoms with E-state index in [9.17, 15) is 4.79 Å². The predicted molar refractivity (Wildman–Crippen MR) is 107 cm³/mol. The number of carbonyl (C=O) groups is 1. The van der Waals surface area contributed by atoms with Crippen molar-refractivity contribution in [3.63, 3.8) is 0 Å². The molecule has 1 aromatic carbocycles. The Hall–Kier alpha value is -2.15. The van der Waals surface area contributed by atoms with Gasteiger partial charge in [0, 0.05) is 56.6 Å². The summed E-state index contributed by atoms with van der Waals surface area (Å²) >= 11 is 0. The van der Waals surface area contributed by atoms with Crippen LogP contribution < -0.4 is 16.0 Å². The molecule has 26 heavy (non-hydrogen) atoms. The van der Waals surface area contributed by atoms with Gasteiger partial charge in [0.05, 0.1) is 0 Å². The summed E-state index contributed by atoms with van der Waals surface area (Å²) in [6.07, 6.45) is 1.81. The number of piperazine rings is 1. The van der Waals surface area contributed by atoms with Crippen LogP contribution in [0.1, 0.15) is 21.5 Å². The van der Waals surface area contributed by atoms with E-state index in [0.29, 0.717) is 18.7 Å². The number of pyridine rings is 1. The van der Waals surface area contributed by atoms with Gasteiger partial charge >= 0.3 is 0 Å². The number of nitrogens with one attached hydrogen (secondary N) is 1. The molecular weight excluding hydrogens is 350 g/mol. The normalized spacial score (nSPS) is 14.6. The molecule has 0 saturated carbocycles. The van der Waals surface area contributed by atoms with E-state index in [4.69, 9.17) is 5.73 Å². The molecule has 0 unspecified atom stereocenters. The topological polar surface area (TPSA) is 74.5 Å². The second-order valence-corrected chi connectivity index (χ2v) is 6.36. The number of hydrogen-bond donors (Lipinski definition) is 2. The van der Waals surface area contributed by atoms with Crippen molar-refractivity contribution in [3.8, 4) is 0 Å². The van der Waals surface area contributed by atoms with E-state index in [-0.39, 0.29) is 18.3 Å². The van der Waals surface area contributed by atoms with Gasteiger partial charge in [-0.15, -0.1) is 12.4 Å². The molecule has 0 radical (unpaired) electrons. The Kier molecular flexibility index (Phi) is 7.38. The Balaban J connectivity index is 0.00000243. The Morgan fingerprint density at radius 2 is 1.85 bits per heavy atom. The van der Waals surface area contributed by atoms with Gasteiger partial charge in [-0.3, -0.25) is 4.79 Å². The second kappa shape index (κ2) is 9.52. The van der Waals surface area contributed by atoms with E-state index in [1.165, 1.54) is 0 Å². The van der Waals surface area contributed by atoms with Crippen molar-refractivity contribution in [1.82, 2.24) is 15.2 Å². The van der Waals surface area contributed by atoms with E-state index >= 15 is 0 Å². The van der Waals surface area contributed by atoms with Gasteiger partial charge in [0.15, 0.2) is 0 Å². The summed E-state index contributed by atoms with van der Waals surface area (Å²) < 4.78 is 0. The minimum Gasteiger partial charge on any atom is -0.354 e. The number of likely N-dealkylation sites (N-methyl/N-ethyl adjacent to an activating group) is 1. The number of hydrogen-bond acceptors (Lipinski definition) is 5. The highest BCUT2D eigenvalue weighted by Crippen LogP contribution is 2.18. The fourth-order valence-corrected chi connectivity index (χ4v) is 2.94. The van der Waals surface area contributed by atoms with Crippen LogP contribution in [-0.4, -0.2) is 49.0 Å². The van der Waals surface area contributed by atoms with E-state index in [1.807, 2.05) is 42.6 Å². The van der Waals surface area contributed by atoms with Crippen LogP contribution >= 0.6 is 12.4 Å². The highest BCUT2D eigenvalue weighted by atomic mass is 35.5. The van der Waals surface area contributed by atoms with Crippen molar-refractivity contribution in [3.05, 3.63) is 59.3 Å². The number of nitrogens with zero attached hydrogens (tertiary/aromatic N) is 3. The molecule has 2 aromatic rings. The predicted octanol–water partition coefficient (Wildman–Crippen LogP) is 1.64. The number of aromatic nitrogens is 1. The first-order valence-electron chi connectivity index (χ1n) is 8.62. The van der Waals surface area contributed by atoms with Gasteiger partial charge in [-0.1, -0.05) is 18.2 Å². The van der Waals surface area contributed by atoms with Crippen molar-refractivity contribution >= 4 is 24.1 Å². The van der Waals surface area contributed by atoms with E-state index < -0.39 is 0 Å². The minimum atomic E-state index is -0.0863. The molecule has 1 saturated heterocycles. The van der Waals surface area contributed by atoms with Gasteiger partial charge in [0.2, 0.25) is 0 Å². The van der Waals surface area contributed by atoms with Gasteiger partial charge in [-0.25, -0.2) is 4.98 Å². The summed E-state index contributed by atoms with van der Waals surface area (Å²) in [4.78, 5) is 21.5. The number of anilines is 1. The molecule has 0 bridgehead atoms. The molecular formula is C19H26ClN5O. The number of nitrogens with two attached hydrogens (primary N) is 1. The number of carbonyl (C=O) groups excluding carboxylic acids is 1. The molecule has 1 amide bonds. The smallest absolute Gasteiger partial charge is 0.251 e. The summed E-state index contributed by atoms with van der Waals surface area (Å²) in [6.45, 7) is 4.90. The standard InChI is InChI=1S/C19H25N5O.ClH/c1-23-9-11-24(12-10-23)18-17(3-2-8-21-18)14-22-19(25)16-6-4-15(13-20)5-7-16;/h2-8H,9-14,20H2,1H3,(H,22,25);1H. The summed E-state index contributed by atoms with van der Waals surface area (Å²) in [7, 11) is 2.13. The van der Waals surface area contributed by atoms with Gasteiger partial charge in [0.25, 0.3) is 5.91 Å². The third-order valence-corrected chi connectivity index (χ3v) is 4.56. The maximum Gasteiger partial charge on any atom is 0.251 e. The number of amides is 1. The Bertz CT molecular complexity index is 714. The lowest BCUT2D eigenvalue weighted by Crippen LogP contribution is -2.45. The lowest BCUT2D eigenvalue weighted by molar-refractivity contribution is 0.0951. The average Bonchev–Trinajstić information content (AvgIpc) is 2.67. The van der Waals surface area contributed by atoms with Crippen LogP contribution in [0.15, 0.2) is 42.6 Å². The average molecular weight is 376 g/mol. The minimum absolute atomic E-state index is 0. The van der Waals surface area contributed by atoms with Crippen LogP contribution in [0.4, 0.5) is 5.82 Å². The molecule has 140 valence electrons. The maximum atomic E-state index is 12.4. The molecule has 1 aliphatic rings. The lowest BCUT2D eigenvalue weighted by atomic mass is 10.1. The zero-order valence-electron chi connectivity index (χ0n) is 15.0. The molecule has 0 atom stereocenters. The quantitative estimate of drug-likeness (QED) is 0.831. The largest absolute Gasteiger partial charge is 0.354 e. The second-order valence-electron chi connectivity index (χ2n) is 6.36. The first kappa shape index (κ1) is 20.2. The van der Waals surface area contributed by atoms with Crippen LogP contribution in [-0.2, 0) is 13.1 Å². The van der Waals surface area contributed by atoms with Crippen molar-refractivity contribution in [2.45, 2.75) is 13.1 Å². The number of halogens is 1. The van der Waals surface area contributed by atoms with Crippen molar-refractivity contribution in [2.24, 2.45) is 5.73 Å².